The number of pyridine rings is 1. The Bertz CT molecular complexity index is 304. The van der Waals surface area contributed by atoms with Crippen molar-refractivity contribution >= 4 is 11.6 Å². The fourth-order valence-corrected chi connectivity index (χ4v) is 1.09. The van der Waals surface area contributed by atoms with Gasteiger partial charge in [0, 0.05) is 11.8 Å². The minimum absolute atomic E-state index is 0.0300. The van der Waals surface area contributed by atoms with Gasteiger partial charge in [-0.25, -0.2) is 9.37 Å². The van der Waals surface area contributed by atoms with Crippen molar-refractivity contribution in [3.63, 3.8) is 0 Å². The number of nitrogens with zero attached hydrogens (tertiary/aromatic N) is 1. The average Bonchev–Trinajstić information content (AvgIpc) is 2.08. The van der Waals surface area contributed by atoms with Crippen molar-refractivity contribution in [1.29, 1.82) is 0 Å². The molecule has 1 atom stereocenters. The van der Waals surface area contributed by atoms with Crippen LogP contribution in [0.5, 0.6) is 0 Å². The maximum atomic E-state index is 12.9. The quantitative estimate of drug-likeness (QED) is 0.750. The van der Waals surface area contributed by atoms with Gasteiger partial charge in [-0.1, -0.05) is 25.4 Å². The van der Waals surface area contributed by atoms with Gasteiger partial charge in [-0.2, -0.15) is 0 Å². The first-order valence-corrected chi connectivity index (χ1v) is 4.39. The lowest BCUT2D eigenvalue weighted by molar-refractivity contribution is 0.126. The maximum Gasteiger partial charge on any atom is 0.164 e. The highest BCUT2D eigenvalue weighted by molar-refractivity contribution is 6.29. The standard InChI is InChI=1S/C9H11ClFNO/c1-5(2)8(13)6-3-7(11)9(10)12-4-6/h3-5,8,13H,1-2H3. The minimum Gasteiger partial charge on any atom is -0.388 e. The summed E-state index contributed by atoms with van der Waals surface area (Å²) >= 11 is 5.40. The van der Waals surface area contributed by atoms with Crippen LogP contribution in [0.15, 0.2) is 12.3 Å². The molecular weight excluding hydrogens is 193 g/mol. The van der Waals surface area contributed by atoms with Crippen molar-refractivity contribution < 1.29 is 9.50 Å². The maximum absolute atomic E-state index is 12.9. The van der Waals surface area contributed by atoms with Crippen molar-refractivity contribution in [2.24, 2.45) is 5.92 Å². The molecule has 0 aliphatic rings. The third-order valence-electron chi connectivity index (χ3n) is 1.79. The molecule has 0 fully saturated rings. The monoisotopic (exact) mass is 203 g/mol. The number of rotatable bonds is 2. The highest BCUT2D eigenvalue weighted by atomic mass is 35.5. The van der Waals surface area contributed by atoms with Crippen LogP contribution in [0.1, 0.15) is 25.5 Å². The molecule has 1 N–H and O–H groups in total. The highest BCUT2D eigenvalue weighted by Gasteiger charge is 2.14. The molecule has 0 spiro atoms. The summed E-state index contributed by atoms with van der Waals surface area (Å²) in [7, 11) is 0. The van der Waals surface area contributed by atoms with Gasteiger partial charge < -0.3 is 5.11 Å². The molecule has 1 unspecified atom stereocenters. The lowest BCUT2D eigenvalue weighted by Crippen LogP contribution is -2.06. The molecule has 0 aliphatic heterocycles. The van der Waals surface area contributed by atoms with Gasteiger partial charge in [-0.3, -0.25) is 0 Å². The Hall–Kier alpha value is -0.670. The van der Waals surface area contributed by atoms with E-state index >= 15 is 0 Å². The molecule has 2 nitrogen and oxygen atoms in total. The summed E-state index contributed by atoms with van der Waals surface area (Å²) in [6.45, 7) is 3.69. The zero-order valence-corrected chi connectivity index (χ0v) is 8.22. The Morgan fingerprint density at radius 2 is 2.15 bits per heavy atom. The van der Waals surface area contributed by atoms with E-state index in [1.807, 2.05) is 13.8 Å². The molecular formula is C9H11ClFNO. The lowest BCUT2D eigenvalue weighted by Gasteiger charge is -2.14. The summed E-state index contributed by atoms with van der Waals surface area (Å²) in [5.41, 5.74) is 0.455. The van der Waals surface area contributed by atoms with Crippen LogP contribution >= 0.6 is 11.6 Å². The normalized spacial score (nSPS) is 13.4. The first-order valence-electron chi connectivity index (χ1n) is 4.01. The molecule has 72 valence electrons. The number of halogens is 2. The number of aliphatic hydroxyl groups excluding tert-OH is 1. The fraction of sp³-hybridized carbons (Fsp3) is 0.444. The van der Waals surface area contributed by atoms with Gasteiger partial charge in [-0.15, -0.1) is 0 Å². The topological polar surface area (TPSA) is 33.1 Å². The van der Waals surface area contributed by atoms with Crippen LogP contribution in [0.4, 0.5) is 4.39 Å². The summed E-state index contributed by atoms with van der Waals surface area (Å²) < 4.78 is 12.9. The van der Waals surface area contributed by atoms with Gasteiger partial charge in [0.05, 0.1) is 6.10 Å². The predicted octanol–water partition coefficient (Wildman–Crippen LogP) is 2.56. The van der Waals surface area contributed by atoms with Crippen molar-refractivity contribution in [1.82, 2.24) is 4.98 Å². The van der Waals surface area contributed by atoms with Gasteiger partial charge in [0.15, 0.2) is 11.0 Å². The largest absolute Gasteiger partial charge is 0.388 e. The molecule has 0 saturated heterocycles. The fourth-order valence-electron chi connectivity index (χ4n) is 0.983. The molecule has 1 heterocycles. The first kappa shape index (κ1) is 10.4. The SMILES string of the molecule is CC(C)C(O)c1cnc(Cl)c(F)c1. The highest BCUT2D eigenvalue weighted by Crippen LogP contribution is 2.22. The van der Waals surface area contributed by atoms with Crippen molar-refractivity contribution in [2.45, 2.75) is 20.0 Å². The van der Waals surface area contributed by atoms with Crippen LogP contribution in [0.25, 0.3) is 0 Å². The van der Waals surface area contributed by atoms with E-state index in [-0.39, 0.29) is 11.1 Å². The minimum atomic E-state index is -0.695. The summed E-state index contributed by atoms with van der Waals surface area (Å²) in [6.07, 6.45) is 0.690. The Kier molecular flexibility index (Phi) is 3.22. The molecule has 0 radical (unpaired) electrons. The molecule has 13 heavy (non-hydrogen) atoms. The summed E-state index contributed by atoms with van der Waals surface area (Å²) in [4.78, 5) is 3.61. The van der Waals surface area contributed by atoms with E-state index in [4.69, 9.17) is 11.6 Å². The summed E-state index contributed by atoms with van der Waals surface area (Å²) in [5, 5.41) is 9.40. The third kappa shape index (κ3) is 2.39. The van der Waals surface area contributed by atoms with Gasteiger partial charge in [0.1, 0.15) is 0 Å². The molecule has 1 aromatic heterocycles. The van der Waals surface area contributed by atoms with Crippen LogP contribution in [0.2, 0.25) is 5.15 Å². The van der Waals surface area contributed by atoms with Crippen molar-refractivity contribution in [2.75, 3.05) is 0 Å². The predicted molar refractivity (Wildman–Crippen MR) is 49.0 cm³/mol. The Morgan fingerprint density at radius 3 is 2.62 bits per heavy atom. The van der Waals surface area contributed by atoms with Gasteiger partial charge in [0.2, 0.25) is 0 Å². The Labute approximate surface area is 81.4 Å². The van der Waals surface area contributed by atoms with E-state index in [9.17, 15) is 9.50 Å². The van der Waals surface area contributed by atoms with Crippen LogP contribution in [-0.2, 0) is 0 Å². The van der Waals surface area contributed by atoms with Crippen LogP contribution in [0, 0.1) is 11.7 Å². The molecule has 1 aromatic rings. The molecule has 4 heteroatoms. The number of hydrogen-bond donors (Lipinski definition) is 1. The molecule has 0 saturated carbocycles. The molecule has 0 bridgehead atoms. The lowest BCUT2D eigenvalue weighted by atomic mass is 10.0. The van der Waals surface area contributed by atoms with E-state index in [0.29, 0.717) is 5.56 Å². The average molecular weight is 204 g/mol. The second kappa shape index (κ2) is 4.03. The first-order chi connectivity index (χ1) is 6.02. The van der Waals surface area contributed by atoms with E-state index < -0.39 is 11.9 Å². The molecule has 0 amide bonds. The third-order valence-corrected chi connectivity index (χ3v) is 2.07. The van der Waals surface area contributed by atoms with E-state index in [0.717, 1.165) is 0 Å². The van der Waals surface area contributed by atoms with Crippen LogP contribution < -0.4 is 0 Å². The Balaban J connectivity index is 2.97. The van der Waals surface area contributed by atoms with Crippen LogP contribution in [0.3, 0.4) is 0 Å². The van der Waals surface area contributed by atoms with Crippen LogP contribution in [-0.4, -0.2) is 10.1 Å². The van der Waals surface area contributed by atoms with Gasteiger partial charge in [0.25, 0.3) is 0 Å². The zero-order valence-electron chi connectivity index (χ0n) is 7.46. The van der Waals surface area contributed by atoms with Crippen molar-refractivity contribution in [3.05, 3.63) is 28.8 Å². The zero-order chi connectivity index (χ0) is 10.0. The molecule has 1 rings (SSSR count). The second-order valence-electron chi connectivity index (χ2n) is 3.23. The van der Waals surface area contributed by atoms with Crippen molar-refractivity contribution in [3.8, 4) is 0 Å². The summed E-state index contributed by atoms with van der Waals surface area (Å²) in [6, 6.07) is 1.21. The Morgan fingerprint density at radius 1 is 1.54 bits per heavy atom. The number of aliphatic hydroxyl groups is 1. The smallest absolute Gasteiger partial charge is 0.164 e. The second-order valence-corrected chi connectivity index (χ2v) is 3.59. The van der Waals surface area contributed by atoms with E-state index in [1.54, 1.807) is 0 Å². The molecule has 0 aliphatic carbocycles. The van der Waals surface area contributed by atoms with E-state index in [1.165, 1.54) is 12.3 Å². The van der Waals surface area contributed by atoms with Gasteiger partial charge >= 0.3 is 0 Å². The molecule has 0 aromatic carbocycles. The summed E-state index contributed by atoms with van der Waals surface area (Å²) in [5.74, 6) is -0.568. The number of aromatic nitrogens is 1. The number of hydrogen-bond acceptors (Lipinski definition) is 2. The van der Waals surface area contributed by atoms with Gasteiger partial charge in [-0.05, 0) is 12.0 Å². The van der Waals surface area contributed by atoms with E-state index in [2.05, 4.69) is 4.98 Å².